The molecular weight excluding hydrogens is 316 g/mol. The second-order valence-corrected chi connectivity index (χ2v) is 6.60. The minimum atomic E-state index is -0.228. The number of carbonyl (C=O) groups excluding carboxylic acids is 1. The zero-order chi connectivity index (χ0) is 17.5. The van der Waals surface area contributed by atoms with Crippen molar-refractivity contribution in [1.82, 2.24) is 15.1 Å². The van der Waals surface area contributed by atoms with Crippen LogP contribution >= 0.6 is 0 Å². The minimum Gasteiger partial charge on any atom is -0.374 e. The number of hydrogen-bond donors (Lipinski definition) is 2. The second-order valence-electron chi connectivity index (χ2n) is 6.60. The van der Waals surface area contributed by atoms with Gasteiger partial charge in [0, 0.05) is 31.0 Å². The quantitative estimate of drug-likeness (QED) is 0.843. The second kappa shape index (κ2) is 8.67. The van der Waals surface area contributed by atoms with Gasteiger partial charge in [-0.1, -0.05) is 31.4 Å². The molecule has 2 aromatic rings. The van der Waals surface area contributed by atoms with Gasteiger partial charge in [-0.2, -0.15) is 5.10 Å². The van der Waals surface area contributed by atoms with Gasteiger partial charge in [0.1, 0.15) is 0 Å². The summed E-state index contributed by atoms with van der Waals surface area (Å²) in [5.41, 5.74) is 2.82. The zero-order valence-electron chi connectivity index (χ0n) is 14.7. The fraction of sp³-hybridized carbons (Fsp3) is 0.474. The SMILES string of the molecule is Cn1cc(CNC(=O)Nc2cccc(COC3CCCCC3)c2)cn1. The molecule has 0 spiro atoms. The van der Waals surface area contributed by atoms with E-state index < -0.39 is 0 Å². The standard InChI is InChI=1S/C19H26N4O2/c1-23-13-16(12-21-23)11-20-19(24)22-17-7-5-6-15(10-17)14-25-18-8-3-2-4-9-18/h5-7,10,12-13,18H,2-4,8-9,11,14H2,1H3,(H2,20,22,24). The van der Waals surface area contributed by atoms with Gasteiger partial charge >= 0.3 is 6.03 Å². The first kappa shape index (κ1) is 17.5. The molecule has 0 unspecified atom stereocenters. The third kappa shape index (κ3) is 5.60. The highest BCUT2D eigenvalue weighted by molar-refractivity contribution is 5.89. The van der Waals surface area contributed by atoms with E-state index in [4.69, 9.17) is 4.74 Å². The predicted octanol–water partition coefficient (Wildman–Crippen LogP) is 3.59. The summed E-state index contributed by atoms with van der Waals surface area (Å²) in [7, 11) is 1.85. The Balaban J connectivity index is 1.46. The number of benzene rings is 1. The highest BCUT2D eigenvalue weighted by atomic mass is 16.5. The van der Waals surface area contributed by atoms with E-state index in [0.717, 1.165) is 29.7 Å². The third-order valence-corrected chi connectivity index (χ3v) is 4.43. The van der Waals surface area contributed by atoms with Crippen LogP contribution in [0.15, 0.2) is 36.7 Å². The number of urea groups is 1. The Morgan fingerprint density at radius 1 is 1.28 bits per heavy atom. The lowest BCUT2D eigenvalue weighted by Crippen LogP contribution is -2.28. The van der Waals surface area contributed by atoms with E-state index in [1.807, 2.05) is 37.5 Å². The molecular formula is C19H26N4O2. The molecule has 1 aromatic heterocycles. The maximum atomic E-state index is 12.0. The number of anilines is 1. The van der Waals surface area contributed by atoms with Gasteiger partial charge in [-0.25, -0.2) is 4.79 Å². The molecule has 1 fully saturated rings. The van der Waals surface area contributed by atoms with Gasteiger partial charge in [-0.15, -0.1) is 0 Å². The summed E-state index contributed by atoms with van der Waals surface area (Å²) < 4.78 is 7.71. The summed E-state index contributed by atoms with van der Waals surface area (Å²) in [5, 5.41) is 9.77. The number of aryl methyl sites for hydroxylation is 1. The maximum Gasteiger partial charge on any atom is 0.319 e. The van der Waals surface area contributed by atoms with E-state index in [-0.39, 0.29) is 6.03 Å². The van der Waals surface area contributed by atoms with Crippen molar-refractivity contribution in [3.05, 3.63) is 47.8 Å². The summed E-state index contributed by atoms with van der Waals surface area (Å²) >= 11 is 0. The molecule has 0 radical (unpaired) electrons. The van der Waals surface area contributed by atoms with Gasteiger partial charge in [-0.05, 0) is 30.5 Å². The Morgan fingerprint density at radius 3 is 2.88 bits per heavy atom. The molecule has 1 aromatic carbocycles. The van der Waals surface area contributed by atoms with Crippen molar-refractivity contribution in [3.63, 3.8) is 0 Å². The van der Waals surface area contributed by atoms with Crippen LogP contribution in [0.4, 0.5) is 10.5 Å². The first-order chi connectivity index (χ1) is 12.2. The van der Waals surface area contributed by atoms with Crippen LogP contribution in [0, 0.1) is 0 Å². The van der Waals surface area contributed by atoms with E-state index in [1.165, 1.54) is 19.3 Å². The number of ether oxygens (including phenoxy) is 1. The molecule has 6 heteroatoms. The lowest BCUT2D eigenvalue weighted by Gasteiger charge is -2.22. The Hall–Kier alpha value is -2.34. The van der Waals surface area contributed by atoms with Crippen molar-refractivity contribution in [3.8, 4) is 0 Å². The average Bonchev–Trinajstić information content (AvgIpc) is 3.05. The average molecular weight is 342 g/mol. The zero-order valence-corrected chi connectivity index (χ0v) is 14.7. The van der Waals surface area contributed by atoms with Crippen LogP contribution in [-0.2, 0) is 24.9 Å². The lowest BCUT2D eigenvalue weighted by atomic mass is 9.98. The normalized spacial score (nSPS) is 15.1. The number of nitrogens with one attached hydrogen (secondary N) is 2. The molecule has 3 rings (SSSR count). The Labute approximate surface area is 148 Å². The molecule has 1 saturated carbocycles. The lowest BCUT2D eigenvalue weighted by molar-refractivity contribution is 0.0169. The fourth-order valence-corrected chi connectivity index (χ4v) is 3.11. The van der Waals surface area contributed by atoms with Crippen molar-refractivity contribution in [1.29, 1.82) is 0 Å². The molecule has 6 nitrogen and oxygen atoms in total. The summed E-state index contributed by atoms with van der Waals surface area (Å²) in [6.45, 7) is 1.04. The van der Waals surface area contributed by atoms with E-state index >= 15 is 0 Å². The van der Waals surface area contributed by atoms with Gasteiger partial charge in [0.25, 0.3) is 0 Å². The summed E-state index contributed by atoms with van der Waals surface area (Å²) in [6.07, 6.45) is 10.2. The molecule has 25 heavy (non-hydrogen) atoms. The summed E-state index contributed by atoms with van der Waals surface area (Å²) in [5.74, 6) is 0. The van der Waals surface area contributed by atoms with Crippen LogP contribution in [0.5, 0.6) is 0 Å². The van der Waals surface area contributed by atoms with Gasteiger partial charge in [-0.3, -0.25) is 4.68 Å². The van der Waals surface area contributed by atoms with Crippen molar-refractivity contribution < 1.29 is 9.53 Å². The number of rotatable bonds is 6. The molecule has 1 aliphatic rings. The molecule has 2 N–H and O–H groups in total. The van der Waals surface area contributed by atoms with E-state index in [0.29, 0.717) is 19.3 Å². The molecule has 0 atom stereocenters. The Bertz CT molecular complexity index is 692. The fourth-order valence-electron chi connectivity index (χ4n) is 3.11. The van der Waals surface area contributed by atoms with Crippen LogP contribution in [0.2, 0.25) is 0 Å². The highest BCUT2D eigenvalue weighted by Crippen LogP contribution is 2.22. The van der Waals surface area contributed by atoms with Crippen LogP contribution < -0.4 is 10.6 Å². The molecule has 1 aliphatic carbocycles. The first-order valence-corrected chi connectivity index (χ1v) is 8.92. The van der Waals surface area contributed by atoms with Gasteiger partial charge < -0.3 is 15.4 Å². The molecule has 1 heterocycles. The Morgan fingerprint density at radius 2 is 2.12 bits per heavy atom. The van der Waals surface area contributed by atoms with E-state index in [1.54, 1.807) is 10.9 Å². The summed E-state index contributed by atoms with van der Waals surface area (Å²) in [6, 6.07) is 7.59. The smallest absolute Gasteiger partial charge is 0.319 e. The number of hydrogen-bond acceptors (Lipinski definition) is 3. The number of amides is 2. The van der Waals surface area contributed by atoms with Gasteiger partial charge in [0.2, 0.25) is 0 Å². The van der Waals surface area contributed by atoms with E-state index in [9.17, 15) is 4.79 Å². The topological polar surface area (TPSA) is 68.2 Å². The summed E-state index contributed by atoms with van der Waals surface area (Å²) in [4.78, 5) is 12.0. The first-order valence-electron chi connectivity index (χ1n) is 8.92. The third-order valence-electron chi connectivity index (χ3n) is 4.43. The molecule has 2 amide bonds. The van der Waals surface area contributed by atoms with Crippen LogP contribution in [-0.4, -0.2) is 21.9 Å². The van der Waals surface area contributed by atoms with Crippen molar-refractivity contribution in [2.45, 2.75) is 51.4 Å². The van der Waals surface area contributed by atoms with Gasteiger partial charge in [0.15, 0.2) is 0 Å². The largest absolute Gasteiger partial charge is 0.374 e. The number of aromatic nitrogens is 2. The molecule has 134 valence electrons. The number of carbonyl (C=O) groups is 1. The van der Waals surface area contributed by atoms with Crippen molar-refractivity contribution in [2.75, 3.05) is 5.32 Å². The predicted molar refractivity (Wildman–Crippen MR) is 97.2 cm³/mol. The minimum absolute atomic E-state index is 0.228. The molecule has 0 saturated heterocycles. The highest BCUT2D eigenvalue weighted by Gasteiger charge is 2.13. The van der Waals surface area contributed by atoms with Crippen LogP contribution in [0.3, 0.4) is 0 Å². The molecule has 0 bridgehead atoms. The van der Waals surface area contributed by atoms with E-state index in [2.05, 4.69) is 15.7 Å². The van der Waals surface area contributed by atoms with Crippen LogP contribution in [0.1, 0.15) is 43.2 Å². The number of nitrogens with zero attached hydrogens (tertiary/aromatic N) is 2. The van der Waals surface area contributed by atoms with Crippen molar-refractivity contribution >= 4 is 11.7 Å². The molecule has 0 aliphatic heterocycles. The van der Waals surface area contributed by atoms with Gasteiger partial charge in [0.05, 0.1) is 18.9 Å². The van der Waals surface area contributed by atoms with Crippen molar-refractivity contribution in [2.24, 2.45) is 7.05 Å². The van der Waals surface area contributed by atoms with Crippen LogP contribution in [0.25, 0.3) is 0 Å². The Kier molecular flexibility index (Phi) is 6.06. The monoisotopic (exact) mass is 342 g/mol. The maximum absolute atomic E-state index is 12.0.